The summed E-state index contributed by atoms with van der Waals surface area (Å²) in [6.45, 7) is 0. The summed E-state index contributed by atoms with van der Waals surface area (Å²) in [4.78, 5) is 0. The van der Waals surface area contributed by atoms with Crippen molar-refractivity contribution in [1.82, 2.24) is 0 Å². The molecule has 16 rings (SSSR count). The van der Waals surface area contributed by atoms with Crippen LogP contribution in [-0.2, 0) is 42.1 Å². The first-order valence-corrected chi connectivity index (χ1v) is 45.4. The van der Waals surface area contributed by atoms with Crippen LogP contribution in [0.4, 0.5) is 0 Å². The summed E-state index contributed by atoms with van der Waals surface area (Å²) in [5.41, 5.74) is 20.4. The number of hydrogen-bond acceptors (Lipinski definition) is 0. The van der Waals surface area contributed by atoms with Crippen molar-refractivity contribution < 1.29 is 42.1 Å². The summed E-state index contributed by atoms with van der Waals surface area (Å²) >= 11 is 0. The molecule has 0 fully saturated rings. The maximum atomic E-state index is 2.69. The molecular weight excluding hydrogens is 1910 g/mol. The van der Waals surface area contributed by atoms with Crippen molar-refractivity contribution in [2.45, 2.75) is 12.8 Å². The SMILES string of the molecule is PCCCP.PCCCP.PCCP.PCCP.[Pt].[Pt].c1ccc(-c2ccccc2)cc1.c1ccc(-c2ccccc2)cc1.c1ccc(-c2ccccc2)cc1.c1ccc(-c2ccccc2)cc1.c1ccc(-c2ccccc2)cc1.c1ccc(-c2ccccc2)cc1.c1ccc(-c2ccccc2)cc1.c1ccc(-c2ccccc2)cc1. The zero-order valence-electron chi connectivity index (χ0n) is 66.5. The zero-order chi connectivity index (χ0) is 80.9. The van der Waals surface area contributed by atoms with Crippen molar-refractivity contribution >= 4 is 73.9 Å². The fourth-order valence-electron chi connectivity index (χ4n) is 10.3. The monoisotopic (exact) mass is 2030 g/mol. The third-order valence-corrected chi connectivity index (χ3v) is 20.5. The number of hydrogen-bond donors (Lipinski definition) is 0. The van der Waals surface area contributed by atoms with E-state index in [0.29, 0.717) is 0 Å². The van der Waals surface area contributed by atoms with Gasteiger partial charge < -0.3 is 0 Å². The summed E-state index contributed by atoms with van der Waals surface area (Å²) in [6.07, 6.45) is 12.4. The molecule has 0 aliphatic carbocycles. The van der Waals surface area contributed by atoms with Crippen LogP contribution in [0.5, 0.6) is 0 Å². The van der Waals surface area contributed by atoms with E-state index in [4.69, 9.17) is 0 Å². The Morgan fingerprint density at radius 3 is 0.190 bits per heavy atom. The minimum Gasteiger partial charge on any atom is -0.138 e. The van der Waals surface area contributed by atoms with Gasteiger partial charge in [-0.1, -0.05) is 485 Å². The maximum absolute atomic E-state index is 2.69. The zero-order valence-corrected chi connectivity index (χ0v) is 80.3. The molecule has 0 heterocycles. The second-order valence-electron chi connectivity index (χ2n) is 24.9. The van der Waals surface area contributed by atoms with E-state index >= 15 is 0 Å². The van der Waals surface area contributed by atoms with E-state index in [2.05, 4.69) is 462 Å². The van der Waals surface area contributed by atoms with Gasteiger partial charge in [-0.2, -0.15) is 0 Å². The molecule has 116 heavy (non-hydrogen) atoms. The first-order chi connectivity index (χ1) is 56.4. The van der Waals surface area contributed by atoms with E-state index in [-0.39, 0.29) is 42.1 Å². The molecule has 0 nitrogen and oxygen atoms in total. The number of rotatable bonds is 14. The third-order valence-electron chi connectivity index (χ3n) is 16.2. The average molecular weight is 2030 g/mol. The normalized spacial score (nSPS) is 9.24. The van der Waals surface area contributed by atoms with Gasteiger partial charge in [0.25, 0.3) is 0 Å². The molecule has 10 heteroatoms. The van der Waals surface area contributed by atoms with Crippen LogP contribution in [-0.4, -0.2) is 49.3 Å². The molecule has 0 aliphatic heterocycles. The maximum Gasteiger partial charge on any atom is 0 e. The molecule has 0 aromatic heterocycles. The van der Waals surface area contributed by atoms with Gasteiger partial charge in [0, 0.05) is 42.1 Å². The van der Waals surface area contributed by atoms with E-state index in [1.807, 2.05) is 97.1 Å². The van der Waals surface area contributed by atoms with Gasteiger partial charge in [0.05, 0.1) is 0 Å². The van der Waals surface area contributed by atoms with E-state index in [9.17, 15) is 0 Å². The topological polar surface area (TPSA) is 0 Å². The molecule has 16 aromatic rings. The first kappa shape index (κ1) is 103. The Labute approximate surface area is 745 Å². The molecule has 8 atom stereocenters. The van der Waals surface area contributed by atoms with Gasteiger partial charge in [-0.05, 0) is 151 Å². The van der Waals surface area contributed by atoms with E-state index in [1.165, 1.54) is 151 Å². The Morgan fingerprint density at radius 2 is 0.155 bits per heavy atom. The average Bonchev–Trinajstić information content (AvgIpc) is 0.951. The van der Waals surface area contributed by atoms with Crippen LogP contribution in [0, 0.1) is 0 Å². The predicted molar refractivity (Wildman–Crippen MR) is 541 cm³/mol. The smallest absolute Gasteiger partial charge is 0 e. The molecule has 0 spiro atoms. The largest absolute Gasteiger partial charge is 0.138 e. The molecule has 0 saturated heterocycles. The Bertz CT molecular complexity index is 3510. The Hall–Kier alpha value is -7.66. The van der Waals surface area contributed by atoms with Crippen LogP contribution >= 0.6 is 73.9 Å². The van der Waals surface area contributed by atoms with E-state index in [0.717, 1.165) is 0 Å². The summed E-state index contributed by atoms with van der Waals surface area (Å²) in [5.74, 6) is 0. The van der Waals surface area contributed by atoms with Crippen molar-refractivity contribution in [3.05, 3.63) is 485 Å². The van der Waals surface area contributed by atoms with Gasteiger partial charge in [0.1, 0.15) is 0 Å². The molecule has 0 radical (unpaired) electrons. The molecule has 0 aliphatic rings. The molecule has 16 aromatic carbocycles. The minimum absolute atomic E-state index is 0. The van der Waals surface area contributed by atoms with E-state index < -0.39 is 0 Å². The van der Waals surface area contributed by atoms with Gasteiger partial charge in [0.2, 0.25) is 0 Å². The molecule has 0 N–H and O–H groups in total. The first-order valence-electron chi connectivity index (χ1n) is 38.8. The molecule has 0 saturated carbocycles. The fourth-order valence-corrected chi connectivity index (χ4v) is 12.2. The standard InChI is InChI=1S/8C12H10.2C3H10P2.2C2H8P2.2Pt/c8*1-3-7-11(8-4-1)12-9-5-2-6-10-12;2*4-2-1-3-5;2*3-1-2-4;;/h8*1-10H;2*1-5H2;2*1-4H2;;. The van der Waals surface area contributed by atoms with Crippen LogP contribution in [0.1, 0.15) is 12.8 Å². The third kappa shape index (κ3) is 47.1. The van der Waals surface area contributed by atoms with Gasteiger partial charge in [0.15, 0.2) is 0 Å². The van der Waals surface area contributed by atoms with Crippen LogP contribution in [0.15, 0.2) is 485 Å². The Kier molecular flexibility index (Phi) is 63.1. The van der Waals surface area contributed by atoms with Gasteiger partial charge >= 0.3 is 0 Å². The molecule has 600 valence electrons. The van der Waals surface area contributed by atoms with Gasteiger partial charge in [-0.25, -0.2) is 0 Å². The predicted octanol–water partition coefficient (Wildman–Crippen LogP) is 30.6. The Balaban J connectivity index is 0.000000332. The fraction of sp³-hybridized carbons (Fsp3) is 0.0943. The van der Waals surface area contributed by atoms with Crippen LogP contribution in [0.25, 0.3) is 89.0 Å². The van der Waals surface area contributed by atoms with Crippen molar-refractivity contribution in [2.75, 3.05) is 49.3 Å². The Morgan fingerprint density at radius 1 is 0.0948 bits per heavy atom. The summed E-state index contributed by atoms with van der Waals surface area (Å²) in [5, 5.41) is 0. The second kappa shape index (κ2) is 71.4. The second-order valence-corrected chi connectivity index (χ2v) is 29.5. The number of benzene rings is 16. The minimum atomic E-state index is 0. The molecule has 0 bridgehead atoms. The van der Waals surface area contributed by atoms with Gasteiger partial charge in [-0.3, -0.25) is 0 Å². The molecule has 8 unspecified atom stereocenters. The summed E-state index contributed by atoms with van der Waals surface area (Å²) in [7, 11) is 21.3. The molecular formula is C106H116P8Pt2. The summed E-state index contributed by atoms with van der Waals surface area (Å²) in [6, 6.07) is 166. The molecule has 0 amide bonds. The summed E-state index contributed by atoms with van der Waals surface area (Å²) < 4.78 is 0. The van der Waals surface area contributed by atoms with Crippen molar-refractivity contribution in [3.63, 3.8) is 0 Å². The van der Waals surface area contributed by atoms with Crippen LogP contribution in [0.3, 0.4) is 0 Å². The quantitative estimate of drug-likeness (QED) is 0.0952. The van der Waals surface area contributed by atoms with Crippen molar-refractivity contribution in [3.8, 4) is 89.0 Å². The van der Waals surface area contributed by atoms with Crippen molar-refractivity contribution in [2.24, 2.45) is 0 Å². The van der Waals surface area contributed by atoms with Gasteiger partial charge in [-0.15, -0.1) is 73.9 Å². The van der Waals surface area contributed by atoms with Crippen LogP contribution in [0.2, 0.25) is 0 Å². The van der Waals surface area contributed by atoms with Crippen molar-refractivity contribution in [1.29, 1.82) is 0 Å². The van der Waals surface area contributed by atoms with E-state index in [1.54, 1.807) is 0 Å². The van der Waals surface area contributed by atoms with Crippen LogP contribution < -0.4 is 0 Å².